The Bertz CT molecular complexity index is 508. The molecule has 1 radical (unpaired) electrons. The molecule has 0 saturated heterocycles. The van der Waals surface area contributed by atoms with Crippen LogP contribution in [0.3, 0.4) is 0 Å². The standard InChI is InChI=1S/C20H32BrOSi/c1-6-11-20(12-8-13-20)18(16-9-7-10-17(21)14-16)22-15-19(2,3)23(4)5/h7,9-10,14,18H,6,8,11-13,15H2,1-5H3. The van der Waals surface area contributed by atoms with Crippen molar-refractivity contribution < 1.29 is 4.74 Å². The molecule has 1 aromatic carbocycles. The number of rotatable bonds is 8. The third-order valence-corrected chi connectivity index (χ3v) is 9.11. The first-order chi connectivity index (χ1) is 10.8. The molecular weight excluding hydrogens is 364 g/mol. The lowest BCUT2D eigenvalue weighted by molar-refractivity contribution is -0.0959. The first-order valence-corrected chi connectivity index (χ1v) is 12.3. The van der Waals surface area contributed by atoms with E-state index < -0.39 is 0 Å². The van der Waals surface area contributed by atoms with Gasteiger partial charge in [-0.05, 0) is 42.0 Å². The lowest BCUT2D eigenvalue weighted by Gasteiger charge is -2.49. The summed E-state index contributed by atoms with van der Waals surface area (Å²) in [6, 6.07) is 8.77. The molecule has 3 heteroatoms. The highest BCUT2D eigenvalue weighted by atomic mass is 79.9. The van der Waals surface area contributed by atoms with Crippen molar-refractivity contribution in [2.75, 3.05) is 6.61 Å². The molecule has 1 nitrogen and oxygen atoms in total. The van der Waals surface area contributed by atoms with Gasteiger partial charge in [0.2, 0.25) is 0 Å². The van der Waals surface area contributed by atoms with Crippen molar-refractivity contribution in [3.8, 4) is 0 Å². The Morgan fingerprint density at radius 1 is 1.30 bits per heavy atom. The molecule has 1 aliphatic rings. The van der Waals surface area contributed by atoms with Crippen molar-refractivity contribution in [2.24, 2.45) is 5.41 Å². The van der Waals surface area contributed by atoms with Crippen LogP contribution in [0, 0.1) is 5.41 Å². The van der Waals surface area contributed by atoms with Crippen molar-refractivity contribution >= 4 is 24.7 Å². The van der Waals surface area contributed by atoms with Crippen LogP contribution in [0.15, 0.2) is 28.7 Å². The van der Waals surface area contributed by atoms with Crippen LogP contribution in [0.25, 0.3) is 0 Å². The molecule has 0 heterocycles. The minimum atomic E-state index is -0.376. The molecule has 1 aromatic rings. The van der Waals surface area contributed by atoms with Gasteiger partial charge < -0.3 is 4.74 Å². The molecule has 1 fully saturated rings. The van der Waals surface area contributed by atoms with Gasteiger partial charge in [0.1, 0.15) is 0 Å². The Morgan fingerprint density at radius 2 is 2.00 bits per heavy atom. The predicted molar refractivity (Wildman–Crippen MR) is 106 cm³/mol. The van der Waals surface area contributed by atoms with Crippen LogP contribution < -0.4 is 0 Å². The summed E-state index contributed by atoms with van der Waals surface area (Å²) in [4.78, 5) is 0. The van der Waals surface area contributed by atoms with Gasteiger partial charge in [0.15, 0.2) is 0 Å². The van der Waals surface area contributed by atoms with Crippen LogP contribution in [-0.4, -0.2) is 15.4 Å². The SMILES string of the molecule is CCCC1(C(OCC(C)(C)[Si](C)C)c2cccc(Br)c2)CCC1. The maximum atomic E-state index is 6.67. The van der Waals surface area contributed by atoms with Crippen LogP contribution in [0.5, 0.6) is 0 Å². The molecule has 1 unspecified atom stereocenters. The van der Waals surface area contributed by atoms with Crippen LogP contribution in [0.1, 0.15) is 64.5 Å². The summed E-state index contributed by atoms with van der Waals surface area (Å²) in [6.45, 7) is 12.7. The van der Waals surface area contributed by atoms with Gasteiger partial charge in [-0.3, -0.25) is 0 Å². The molecule has 0 bridgehead atoms. The van der Waals surface area contributed by atoms with Crippen molar-refractivity contribution in [3.05, 3.63) is 34.3 Å². The van der Waals surface area contributed by atoms with Gasteiger partial charge in [-0.2, -0.15) is 0 Å². The van der Waals surface area contributed by atoms with Gasteiger partial charge in [0.05, 0.1) is 14.9 Å². The fourth-order valence-corrected chi connectivity index (χ4v) is 4.29. The zero-order valence-electron chi connectivity index (χ0n) is 15.4. The first-order valence-electron chi connectivity index (χ1n) is 8.98. The minimum Gasteiger partial charge on any atom is -0.373 e. The topological polar surface area (TPSA) is 9.23 Å². The zero-order chi connectivity index (χ0) is 17.1. The highest BCUT2D eigenvalue weighted by molar-refractivity contribution is 9.10. The molecule has 129 valence electrons. The van der Waals surface area contributed by atoms with Crippen LogP contribution in [-0.2, 0) is 4.74 Å². The summed E-state index contributed by atoms with van der Waals surface area (Å²) in [5.41, 5.74) is 1.71. The Morgan fingerprint density at radius 3 is 2.48 bits per heavy atom. The third kappa shape index (κ3) is 4.49. The molecule has 2 rings (SSSR count). The van der Waals surface area contributed by atoms with Gasteiger partial charge in [-0.1, -0.05) is 74.8 Å². The van der Waals surface area contributed by atoms with Gasteiger partial charge in [0.25, 0.3) is 0 Å². The quantitative estimate of drug-likeness (QED) is 0.429. The van der Waals surface area contributed by atoms with E-state index in [0.717, 1.165) is 11.1 Å². The van der Waals surface area contributed by atoms with E-state index in [9.17, 15) is 0 Å². The molecule has 0 amide bonds. The fraction of sp³-hybridized carbons (Fsp3) is 0.700. The average Bonchev–Trinajstić information content (AvgIpc) is 2.44. The number of halogens is 1. The number of ether oxygens (including phenoxy) is 1. The molecule has 0 aromatic heterocycles. The second kappa shape index (κ2) is 7.84. The summed E-state index contributed by atoms with van der Waals surface area (Å²) in [7, 11) is -0.376. The molecule has 0 N–H and O–H groups in total. The summed E-state index contributed by atoms with van der Waals surface area (Å²) < 4.78 is 7.83. The highest BCUT2D eigenvalue weighted by Gasteiger charge is 2.45. The van der Waals surface area contributed by atoms with Gasteiger partial charge in [0, 0.05) is 16.5 Å². The Balaban J connectivity index is 2.25. The van der Waals surface area contributed by atoms with Gasteiger partial charge in [-0.25, -0.2) is 0 Å². The van der Waals surface area contributed by atoms with E-state index in [4.69, 9.17) is 4.74 Å². The van der Waals surface area contributed by atoms with Crippen LogP contribution >= 0.6 is 15.9 Å². The fourth-order valence-electron chi connectivity index (χ4n) is 3.50. The van der Waals surface area contributed by atoms with Gasteiger partial charge in [-0.15, -0.1) is 0 Å². The molecule has 23 heavy (non-hydrogen) atoms. The Hall–Kier alpha value is -0.123. The second-order valence-corrected chi connectivity index (χ2v) is 12.4. The monoisotopic (exact) mass is 395 g/mol. The maximum Gasteiger partial charge on any atom is 0.0881 e. The van der Waals surface area contributed by atoms with E-state index in [-0.39, 0.29) is 14.9 Å². The summed E-state index contributed by atoms with van der Waals surface area (Å²) in [5.74, 6) is 0. The third-order valence-electron chi connectivity index (χ3n) is 5.77. The van der Waals surface area contributed by atoms with Crippen LogP contribution in [0.4, 0.5) is 0 Å². The summed E-state index contributed by atoms with van der Waals surface area (Å²) in [5, 5.41) is 0.312. The first kappa shape index (κ1) is 19.2. The average molecular weight is 396 g/mol. The normalized spacial score (nSPS) is 18.7. The molecular formula is C20H32BrOSi. The van der Waals surface area contributed by atoms with E-state index in [1.54, 1.807) is 0 Å². The van der Waals surface area contributed by atoms with E-state index in [0.29, 0.717) is 10.5 Å². The zero-order valence-corrected chi connectivity index (χ0v) is 18.0. The smallest absolute Gasteiger partial charge is 0.0881 e. The minimum absolute atomic E-state index is 0.245. The molecule has 0 spiro atoms. The van der Waals surface area contributed by atoms with Crippen LogP contribution in [0.2, 0.25) is 18.1 Å². The Labute approximate surface area is 152 Å². The van der Waals surface area contributed by atoms with E-state index in [1.807, 2.05) is 0 Å². The lowest BCUT2D eigenvalue weighted by atomic mass is 9.61. The largest absolute Gasteiger partial charge is 0.373 e. The van der Waals surface area contributed by atoms with Crippen molar-refractivity contribution in [3.63, 3.8) is 0 Å². The molecule has 1 saturated carbocycles. The predicted octanol–water partition coefficient (Wildman–Crippen LogP) is 7.01. The summed E-state index contributed by atoms with van der Waals surface area (Å²) >= 11 is 3.64. The molecule has 0 aliphatic heterocycles. The maximum absolute atomic E-state index is 6.67. The van der Waals surface area contributed by atoms with Gasteiger partial charge >= 0.3 is 0 Å². The number of hydrogen-bond donors (Lipinski definition) is 0. The summed E-state index contributed by atoms with van der Waals surface area (Å²) in [6.07, 6.45) is 6.75. The van der Waals surface area contributed by atoms with Crippen molar-refractivity contribution in [1.29, 1.82) is 0 Å². The Kier molecular flexibility index (Phi) is 6.55. The molecule has 1 aliphatic carbocycles. The lowest BCUT2D eigenvalue weighted by Crippen LogP contribution is -2.39. The number of benzene rings is 1. The van der Waals surface area contributed by atoms with E-state index in [1.165, 1.54) is 37.7 Å². The van der Waals surface area contributed by atoms with E-state index in [2.05, 4.69) is 74.1 Å². The van der Waals surface area contributed by atoms with Crippen molar-refractivity contribution in [2.45, 2.75) is 77.1 Å². The highest BCUT2D eigenvalue weighted by Crippen LogP contribution is 2.55. The van der Waals surface area contributed by atoms with E-state index >= 15 is 0 Å². The molecule has 1 atom stereocenters. The van der Waals surface area contributed by atoms with Crippen molar-refractivity contribution in [1.82, 2.24) is 0 Å². The number of hydrogen-bond acceptors (Lipinski definition) is 1. The second-order valence-electron chi connectivity index (χ2n) is 8.10.